The molecule has 1 aromatic carbocycles. The topological polar surface area (TPSA) is 80.9 Å². The highest BCUT2D eigenvalue weighted by molar-refractivity contribution is 5.91. The molecule has 0 saturated carbocycles. The van der Waals surface area contributed by atoms with Crippen LogP contribution >= 0.6 is 0 Å². The van der Waals surface area contributed by atoms with Crippen LogP contribution in [0.15, 0.2) is 36.5 Å². The van der Waals surface area contributed by atoms with Gasteiger partial charge in [-0.3, -0.25) is 4.79 Å². The summed E-state index contributed by atoms with van der Waals surface area (Å²) in [7, 11) is 0. The Morgan fingerprint density at radius 3 is 2.81 bits per heavy atom. The smallest absolute Gasteiger partial charge is 0.234 e. The molecule has 3 rings (SSSR count). The lowest BCUT2D eigenvalue weighted by Gasteiger charge is -2.30. The van der Waals surface area contributed by atoms with E-state index in [9.17, 15) is 4.79 Å². The molecule has 1 amide bonds. The van der Waals surface area contributed by atoms with E-state index in [1.54, 1.807) is 6.20 Å². The number of carbonyl (C=O) groups excluding carboxylic acids is 1. The number of fused-ring (bicyclic) bond motifs is 1. The summed E-state index contributed by atoms with van der Waals surface area (Å²) >= 11 is 0. The maximum Gasteiger partial charge on any atom is 0.234 e. The Balaban J connectivity index is 2.22. The molecule has 3 N–H and O–H groups in total. The molecule has 1 aliphatic rings. The van der Waals surface area contributed by atoms with Crippen molar-refractivity contribution in [3.05, 3.63) is 53.3 Å². The third kappa shape index (κ3) is 2.14. The van der Waals surface area contributed by atoms with Crippen LogP contribution in [0.25, 0.3) is 0 Å². The minimum atomic E-state index is -0.996. The Bertz CT molecular complexity index is 671. The number of rotatable bonds is 3. The van der Waals surface area contributed by atoms with Crippen molar-refractivity contribution in [2.75, 3.05) is 11.9 Å². The second-order valence-corrected chi connectivity index (χ2v) is 5.48. The first kappa shape index (κ1) is 13.5. The molecule has 1 atom stereocenters. The minimum absolute atomic E-state index is 0.427. The number of aryl methyl sites for hydroxylation is 1. The molecule has 1 unspecified atom stereocenters. The zero-order valence-electron chi connectivity index (χ0n) is 12.0. The summed E-state index contributed by atoms with van der Waals surface area (Å²) in [5, 5.41) is 11.7. The minimum Gasteiger partial charge on any atom is -0.383 e. The summed E-state index contributed by atoms with van der Waals surface area (Å²) < 4.78 is 0. The Kier molecular flexibility index (Phi) is 3.33. The molecule has 108 valence electrons. The first-order chi connectivity index (χ1) is 10.1. The highest BCUT2D eigenvalue weighted by atomic mass is 16.1. The van der Waals surface area contributed by atoms with E-state index in [0.717, 1.165) is 36.2 Å². The van der Waals surface area contributed by atoms with Crippen LogP contribution in [0.3, 0.4) is 0 Å². The van der Waals surface area contributed by atoms with E-state index in [0.29, 0.717) is 5.69 Å². The van der Waals surface area contributed by atoms with Crippen LogP contribution in [0, 0.1) is 0 Å². The van der Waals surface area contributed by atoms with Crippen molar-refractivity contribution in [3.63, 3.8) is 0 Å². The van der Waals surface area contributed by atoms with Crippen LogP contribution in [-0.4, -0.2) is 22.6 Å². The number of amides is 1. The number of nitrogens with zero attached hydrogens (tertiary/aromatic N) is 2. The summed E-state index contributed by atoms with van der Waals surface area (Å²) in [4.78, 5) is 12.2. The third-order valence-corrected chi connectivity index (χ3v) is 4.17. The molecule has 0 spiro atoms. The number of hydrogen-bond donors (Lipinski definition) is 2. The Hall–Kier alpha value is -2.43. The monoisotopic (exact) mass is 282 g/mol. The molecule has 2 aromatic rings. The molecule has 2 heterocycles. The predicted octanol–water partition coefficient (Wildman–Crippen LogP) is 1.63. The lowest BCUT2D eigenvalue weighted by atomic mass is 9.77. The van der Waals surface area contributed by atoms with Gasteiger partial charge in [0.25, 0.3) is 0 Å². The molecule has 5 heteroatoms. The average Bonchev–Trinajstić information content (AvgIpc) is 2.54. The fourth-order valence-corrected chi connectivity index (χ4v) is 2.82. The molecular weight excluding hydrogens is 264 g/mol. The maximum absolute atomic E-state index is 12.2. The van der Waals surface area contributed by atoms with Crippen LogP contribution in [0.1, 0.15) is 30.2 Å². The van der Waals surface area contributed by atoms with E-state index in [2.05, 4.69) is 15.5 Å². The molecule has 21 heavy (non-hydrogen) atoms. The fourth-order valence-electron chi connectivity index (χ4n) is 2.82. The quantitative estimate of drug-likeness (QED) is 0.896. The van der Waals surface area contributed by atoms with Gasteiger partial charge in [-0.05, 0) is 30.9 Å². The van der Waals surface area contributed by atoms with Gasteiger partial charge in [0.05, 0.1) is 11.9 Å². The first-order valence-electron chi connectivity index (χ1n) is 7.08. The van der Waals surface area contributed by atoms with Crippen molar-refractivity contribution in [3.8, 4) is 0 Å². The molecule has 0 bridgehead atoms. The van der Waals surface area contributed by atoms with Gasteiger partial charge in [0.1, 0.15) is 11.1 Å². The van der Waals surface area contributed by atoms with Gasteiger partial charge in [-0.15, -0.1) is 0 Å². The zero-order valence-corrected chi connectivity index (χ0v) is 12.0. The summed E-state index contributed by atoms with van der Waals surface area (Å²) in [6.45, 7) is 2.68. The van der Waals surface area contributed by atoms with E-state index in [-0.39, 0.29) is 0 Å². The van der Waals surface area contributed by atoms with Gasteiger partial charge in [0.15, 0.2) is 0 Å². The number of anilines is 1. The van der Waals surface area contributed by atoms with Crippen molar-refractivity contribution < 1.29 is 4.79 Å². The normalized spacial score (nSPS) is 16.4. The molecule has 5 nitrogen and oxygen atoms in total. The van der Waals surface area contributed by atoms with Crippen LogP contribution in [-0.2, 0) is 16.6 Å². The number of nitrogens with two attached hydrogens (primary N) is 1. The second-order valence-electron chi connectivity index (χ2n) is 5.48. The van der Waals surface area contributed by atoms with E-state index in [1.165, 1.54) is 0 Å². The highest BCUT2D eigenvalue weighted by Crippen LogP contribution is 2.37. The Labute approximate surface area is 123 Å². The van der Waals surface area contributed by atoms with Gasteiger partial charge in [0.2, 0.25) is 5.91 Å². The third-order valence-electron chi connectivity index (χ3n) is 4.17. The molecule has 0 fully saturated rings. The zero-order chi connectivity index (χ0) is 14.9. The predicted molar refractivity (Wildman–Crippen MR) is 80.9 cm³/mol. The lowest BCUT2D eigenvalue weighted by molar-refractivity contribution is -0.121. The number of aromatic nitrogens is 2. The fraction of sp³-hybridized carbons (Fsp3) is 0.312. The van der Waals surface area contributed by atoms with Gasteiger partial charge in [-0.2, -0.15) is 10.2 Å². The van der Waals surface area contributed by atoms with Crippen molar-refractivity contribution in [1.82, 2.24) is 10.2 Å². The SMILES string of the molecule is CC(C(N)=O)(c1ccccc1)c1nncc2c1NCCC2. The van der Waals surface area contributed by atoms with Crippen molar-refractivity contribution in [2.24, 2.45) is 5.73 Å². The van der Waals surface area contributed by atoms with Crippen LogP contribution in [0.4, 0.5) is 5.69 Å². The molecule has 0 radical (unpaired) electrons. The van der Waals surface area contributed by atoms with E-state index in [4.69, 9.17) is 5.73 Å². The van der Waals surface area contributed by atoms with E-state index in [1.807, 2.05) is 37.3 Å². The van der Waals surface area contributed by atoms with Gasteiger partial charge in [0, 0.05) is 6.54 Å². The van der Waals surface area contributed by atoms with Gasteiger partial charge in [-0.25, -0.2) is 0 Å². The molecule has 1 aromatic heterocycles. The number of hydrogen-bond acceptors (Lipinski definition) is 4. The van der Waals surface area contributed by atoms with E-state index < -0.39 is 11.3 Å². The Morgan fingerprint density at radius 2 is 2.10 bits per heavy atom. The second kappa shape index (κ2) is 5.16. The van der Waals surface area contributed by atoms with Crippen LogP contribution in [0.5, 0.6) is 0 Å². The average molecular weight is 282 g/mol. The highest BCUT2D eigenvalue weighted by Gasteiger charge is 2.40. The van der Waals surface area contributed by atoms with Gasteiger partial charge in [-0.1, -0.05) is 30.3 Å². The first-order valence-corrected chi connectivity index (χ1v) is 7.08. The molecule has 1 aliphatic heterocycles. The largest absolute Gasteiger partial charge is 0.383 e. The number of primary amides is 1. The Morgan fingerprint density at radius 1 is 1.33 bits per heavy atom. The maximum atomic E-state index is 12.2. The van der Waals surface area contributed by atoms with Gasteiger partial charge >= 0.3 is 0 Å². The summed E-state index contributed by atoms with van der Waals surface area (Å²) in [6.07, 6.45) is 3.75. The molecule has 0 saturated heterocycles. The van der Waals surface area contributed by atoms with Crippen LogP contribution in [0.2, 0.25) is 0 Å². The van der Waals surface area contributed by atoms with Crippen molar-refractivity contribution in [1.29, 1.82) is 0 Å². The van der Waals surface area contributed by atoms with Crippen molar-refractivity contribution in [2.45, 2.75) is 25.2 Å². The number of carbonyl (C=O) groups is 1. The molecular formula is C16H18N4O. The summed E-state index contributed by atoms with van der Waals surface area (Å²) in [5.41, 5.74) is 8.17. The summed E-state index contributed by atoms with van der Waals surface area (Å²) in [5.74, 6) is -0.427. The van der Waals surface area contributed by atoms with Crippen LogP contribution < -0.4 is 11.1 Å². The van der Waals surface area contributed by atoms with Gasteiger partial charge < -0.3 is 11.1 Å². The number of nitrogens with one attached hydrogen (secondary N) is 1. The standard InChI is InChI=1S/C16H18N4O/c1-16(15(17)21,12-7-3-2-4-8-12)14-13-11(10-19-20-14)6-5-9-18-13/h2-4,7-8,10,18H,5-6,9H2,1H3,(H2,17,21). The lowest BCUT2D eigenvalue weighted by Crippen LogP contribution is -2.41. The summed E-state index contributed by atoms with van der Waals surface area (Å²) in [6, 6.07) is 9.50. The van der Waals surface area contributed by atoms with Crippen molar-refractivity contribution >= 4 is 11.6 Å². The number of benzene rings is 1. The van der Waals surface area contributed by atoms with E-state index >= 15 is 0 Å². The molecule has 0 aliphatic carbocycles.